The molecule has 0 bridgehead atoms. The lowest BCUT2D eigenvalue weighted by atomic mass is 9.75. The summed E-state index contributed by atoms with van der Waals surface area (Å²) in [5.41, 5.74) is 13.4. The monoisotopic (exact) mass is 339 g/mol. The lowest BCUT2D eigenvalue weighted by Gasteiger charge is -2.41. The molecule has 0 aliphatic carbocycles. The fourth-order valence-corrected chi connectivity index (χ4v) is 4.00. The van der Waals surface area contributed by atoms with Gasteiger partial charge in [0.05, 0.1) is 6.04 Å². The van der Waals surface area contributed by atoms with Crippen LogP contribution in [0.4, 0.5) is 5.69 Å². The van der Waals surface area contributed by atoms with E-state index in [1.54, 1.807) is 0 Å². The molecule has 0 radical (unpaired) electrons. The van der Waals surface area contributed by atoms with Crippen molar-refractivity contribution < 1.29 is 0 Å². The van der Waals surface area contributed by atoms with Crippen LogP contribution in [0.2, 0.25) is 0 Å². The molecular weight excluding hydrogens is 306 g/mol. The summed E-state index contributed by atoms with van der Waals surface area (Å²) < 4.78 is 0. The minimum absolute atomic E-state index is 0.0726. The van der Waals surface area contributed by atoms with E-state index in [4.69, 9.17) is 5.73 Å². The standard InChI is InChI=1S/C22H33N3/c1-6-18-11-20-21(12-19(18)16(3)23)25(10-9-22(20,4)5)14-17-8-7-15(2)24-13-17/h8,11-13,15-16H,6-7,9-10,14,23H2,1-5H3. The van der Waals surface area contributed by atoms with E-state index in [9.17, 15) is 0 Å². The Morgan fingerprint density at radius 2 is 2.12 bits per heavy atom. The van der Waals surface area contributed by atoms with E-state index in [1.807, 2.05) is 0 Å². The van der Waals surface area contributed by atoms with Gasteiger partial charge >= 0.3 is 0 Å². The number of aliphatic imine (C=N–C) groups is 1. The SMILES string of the molecule is CCc1cc2c(cc1C(C)N)N(CC1=CCC(C)N=C1)CCC2(C)C. The molecule has 0 saturated heterocycles. The van der Waals surface area contributed by atoms with Gasteiger partial charge in [0.15, 0.2) is 0 Å². The largest absolute Gasteiger partial charge is 0.367 e. The average Bonchev–Trinajstić information content (AvgIpc) is 2.58. The summed E-state index contributed by atoms with van der Waals surface area (Å²) in [6, 6.07) is 5.28. The van der Waals surface area contributed by atoms with Gasteiger partial charge in [0.2, 0.25) is 0 Å². The smallest absolute Gasteiger partial charge is 0.0506 e. The third kappa shape index (κ3) is 3.67. The Bertz CT molecular complexity index is 697. The molecule has 2 unspecified atom stereocenters. The van der Waals surface area contributed by atoms with Gasteiger partial charge in [0.1, 0.15) is 0 Å². The van der Waals surface area contributed by atoms with Crippen molar-refractivity contribution in [2.24, 2.45) is 10.7 Å². The summed E-state index contributed by atoms with van der Waals surface area (Å²) in [6.45, 7) is 13.3. The van der Waals surface area contributed by atoms with Gasteiger partial charge in [-0.15, -0.1) is 0 Å². The van der Waals surface area contributed by atoms with Crippen LogP contribution in [0.15, 0.2) is 28.8 Å². The van der Waals surface area contributed by atoms with Crippen molar-refractivity contribution in [3.63, 3.8) is 0 Å². The maximum atomic E-state index is 6.28. The summed E-state index contributed by atoms with van der Waals surface area (Å²) >= 11 is 0. The maximum Gasteiger partial charge on any atom is 0.0506 e. The van der Waals surface area contributed by atoms with Crippen LogP contribution < -0.4 is 10.6 Å². The minimum Gasteiger partial charge on any atom is -0.367 e. The Morgan fingerprint density at radius 3 is 2.72 bits per heavy atom. The molecule has 25 heavy (non-hydrogen) atoms. The fourth-order valence-electron chi connectivity index (χ4n) is 4.00. The molecule has 1 aromatic carbocycles. The molecule has 0 aromatic heterocycles. The van der Waals surface area contributed by atoms with E-state index in [0.717, 1.165) is 25.9 Å². The first-order valence-electron chi connectivity index (χ1n) is 9.72. The Kier molecular flexibility index (Phi) is 5.06. The van der Waals surface area contributed by atoms with Crippen molar-refractivity contribution >= 4 is 11.9 Å². The number of hydrogen-bond acceptors (Lipinski definition) is 3. The second kappa shape index (κ2) is 6.95. The van der Waals surface area contributed by atoms with Crippen molar-refractivity contribution in [3.8, 4) is 0 Å². The van der Waals surface area contributed by atoms with Gasteiger partial charge in [0, 0.05) is 31.0 Å². The molecule has 2 N–H and O–H groups in total. The quantitative estimate of drug-likeness (QED) is 0.874. The topological polar surface area (TPSA) is 41.6 Å². The van der Waals surface area contributed by atoms with Gasteiger partial charge < -0.3 is 10.6 Å². The zero-order valence-corrected chi connectivity index (χ0v) is 16.5. The van der Waals surface area contributed by atoms with E-state index in [0.29, 0.717) is 6.04 Å². The van der Waals surface area contributed by atoms with Crippen LogP contribution >= 0.6 is 0 Å². The molecule has 2 atom stereocenters. The maximum absolute atomic E-state index is 6.28. The van der Waals surface area contributed by atoms with Crippen LogP contribution in [0.25, 0.3) is 0 Å². The van der Waals surface area contributed by atoms with Gasteiger partial charge in [0.25, 0.3) is 0 Å². The number of hydrogen-bond donors (Lipinski definition) is 1. The number of fused-ring (bicyclic) bond motifs is 1. The Balaban J connectivity index is 1.99. The predicted molar refractivity (Wildman–Crippen MR) is 109 cm³/mol. The summed E-state index contributed by atoms with van der Waals surface area (Å²) in [6.07, 6.45) is 7.69. The van der Waals surface area contributed by atoms with Crippen LogP contribution in [0.1, 0.15) is 70.2 Å². The summed E-state index contributed by atoms with van der Waals surface area (Å²) in [4.78, 5) is 7.12. The minimum atomic E-state index is 0.0726. The van der Waals surface area contributed by atoms with Crippen LogP contribution in [0.5, 0.6) is 0 Å². The normalized spacial score (nSPS) is 23.2. The molecule has 2 heterocycles. The van der Waals surface area contributed by atoms with Crippen molar-refractivity contribution in [3.05, 3.63) is 40.5 Å². The molecule has 136 valence electrons. The van der Waals surface area contributed by atoms with Gasteiger partial charge in [-0.1, -0.05) is 32.9 Å². The zero-order chi connectivity index (χ0) is 18.2. The number of aryl methyl sites for hydroxylation is 1. The average molecular weight is 340 g/mol. The molecule has 1 aromatic rings. The van der Waals surface area contributed by atoms with Crippen molar-refractivity contribution in [1.82, 2.24) is 0 Å². The van der Waals surface area contributed by atoms with E-state index in [-0.39, 0.29) is 11.5 Å². The highest BCUT2D eigenvalue weighted by atomic mass is 15.1. The Morgan fingerprint density at radius 1 is 1.36 bits per heavy atom. The van der Waals surface area contributed by atoms with E-state index in [2.05, 4.69) is 68.9 Å². The van der Waals surface area contributed by atoms with Crippen molar-refractivity contribution in [2.75, 3.05) is 18.0 Å². The molecule has 3 heteroatoms. The molecule has 2 aliphatic heterocycles. The molecule has 0 fully saturated rings. The molecule has 0 amide bonds. The Labute approximate surface area is 153 Å². The summed E-state index contributed by atoms with van der Waals surface area (Å²) in [5.74, 6) is 0. The first-order valence-corrected chi connectivity index (χ1v) is 9.72. The molecular formula is C22H33N3. The third-order valence-electron chi connectivity index (χ3n) is 5.79. The number of dihydropyridines is 1. The van der Waals surface area contributed by atoms with Gasteiger partial charge in [-0.05, 0) is 66.9 Å². The molecule has 0 saturated carbocycles. The van der Waals surface area contributed by atoms with Gasteiger partial charge in [-0.2, -0.15) is 0 Å². The summed E-state index contributed by atoms with van der Waals surface area (Å²) in [5, 5.41) is 0. The third-order valence-corrected chi connectivity index (χ3v) is 5.79. The van der Waals surface area contributed by atoms with E-state index in [1.165, 1.54) is 34.4 Å². The van der Waals surface area contributed by atoms with E-state index >= 15 is 0 Å². The van der Waals surface area contributed by atoms with Crippen molar-refractivity contribution in [1.29, 1.82) is 0 Å². The van der Waals surface area contributed by atoms with Crippen LogP contribution in [-0.2, 0) is 11.8 Å². The number of rotatable bonds is 4. The first-order chi connectivity index (χ1) is 11.8. The highest BCUT2D eigenvalue weighted by Gasteiger charge is 2.32. The number of benzene rings is 1. The number of nitrogens with zero attached hydrogens (tertiary/aromatic N) is 2. The first kappa shape index (κ1) is 18.2. The molecule has 3 nitrogen and oxygen atoms in total. The van der Waals surface area contributed by atoms with E-state index < -0.39 is 0 Å². The number of nitrogens with two attached hydrogens (primary N) is 1. The highest BCUT2D eigenvalue weighted by molar-refractivity contribution is 5.81. The fraction of sp³-hybridized carbons (Fsp3) is 0.591. The van der Waals surface area contributed by atoms with Crippen LogP contribution in [0, 0.1) is 0 Å². The highest BCUT2D eigenvalue weighted by Crippen LogP contribution is 2.42. The molecule has 2 aliphatic rings. The van der Waals surface area contributed by atoms with Crippen LogP contribution in [0.3, 0.4) is 0 Å². The zero-order valence-electron chi connectivity index (χ0n) is 16.5. The second-order valence-corrected chi connectivity index (χ2v) is 8.41. The van der Waals surface area contributed by atoms with Gasteiger partial charge in [-0.25, -0.2) is 0 Å². The molecule has 3 rings (SSSR count). The summed E-state index contributed by atoms with van der Waals surface area (Å²) in [7, 11) is 0. The second-order valence-electron chi connectivity index (χ2n) is 8.41. The number of anilines is 1. The van der Waals surface area contributed by atoms with Gasteiger partial charge in [-0.3, -0.25) is 4.99 Å². The van der Waals surface area contributed by atoms with Crippen LogP contribution in [-0.4, -0.2) is 25.3 Å². The molecule has 0 spiro atoms. The Hall–Kier alpha value is -1.61. The lowest BCUT2D eigenvalue weighted by molar-refractivity contribution is 0.456. The lowest BCUT2D eigenvalue weighted by Crippen LogP contribution is -2.39. The van der Waals surface area contributed by atoms with Crippen molar-refractivity contribution in [2.45, 2.75) is 71.4 Å². The predicted octanol–water partition coefficient (Wildman–Crippen LogP) is 4.55.